The van der Waals surface area contributed by atoms with Crippen molar-refractivity contribution in [1.29, 1.82) is 0 Å². The lowest BCUT2D eigenvalue weighted by Gasteiger charge is -2.08. The molecule has 2 rings (SSSR count). The molecule has 0 saturated carbocycles. The Balaban J connectivity index is 2.25. The summed E-state index contributed by atoms with van der Waals surface area (Å²) in [6.45, 7) is 1.86. The van der Waals surface area contributed by atoms with Crippen LogP contribution in [0.1, 0.15) is 16.1 Å². The molecule has 17 heavy (non-hydrogen) atoms. The van der Waals surface area contributed by atoms with Crippen LogP contribution in [0.3, 0.4) is 0 Å². The minimum atomic E-state index is -0.225. The monoisotopic (exact) mass is 361 g/mol. The first kappa shape index (κ1) is 12.4. The highest BCUT2D eigenvalue weighted by Gasteiger charge is 2.13. The van der Waals surface area contributed by atoms with E-state index in [0.29, 0.717) is 16.4 Å². The average Bonchev–Trinajstić information content (AvgIpc) is 2.71. The van der Waals surface area contributed by atoms with Crippen LogP contribution in [-0.2, 0) is 0 Å². The highest BCUT2D eigenvalue weighted by Crippen LogP contribution is 2.23. The Morgan fingerprint density at radius 2 is 2.29 bits per heavy atom. The van der Waals surface area contributed by atoms with E-state index in [2.05, 4.69) is 15.5 Å². The standard InChI is InChI=1S/C11H9ClIN3O/c1-6-7(12)3-2-4-9(6)15-11(17)10-8(13)5-14-16-10/h2-5H,1H3,(H,14,16)(H,15,17). The van der Waals surface area contributed by atoms with Gasteiger partial charge in [0.1, 0.15) is 5.69 Å². The molecule has 1 amide bonds. The second-order valence-corrected chi connectivity index (χ2v) is 5.03. The molecule has 0 aliphatic heterocycles. The summed E-state index contributed by atoms with van der Waals surface area (Å²) >= 11 is 8.03. The van der Waals surface area contributed by atoms with Crippen molar-refractivity contribution in [2.45, 2.75) is 6.92 Å². The lowest BCUT2D eigenvalue weighted by molar-refractivity contribution is 0.102. The lowest BCUT2D eigenvalue weighted by Crippen LogP contribution is -2.14. The van der Waals surface area contributed by atoms with Gasteiger partial charge in [0.15, 0.2) is 0 Å². The predicted octanol–water partition coefficient (Wildman–Crippen LogP) is 3.23. The molecule has 0 atom stereocenters. The number of H-pyrrole nitrogens is 1. The van der Waals surface area contributed by atoms with Crippen molar-refractivity contribution in [2.24, 2.45) is 0 Å². The highest BCUT2D eigenvalue weighted by molar-refractivity contribution is 14.1. The first-order valence-electron chi connectivity index (χ1n) is 4.85. The van der Waals surface area contributed by atoms with Gasteiger partial charge in [-0.1, -0.05) is 17.7 Å². The van der Waals surface area contributed by atoms with E-state index < -0.39 is 0 Å². The van der Waals surface area contributed by atoms with Gasteiger partial charge in [0.25, 0.3) is 5.91 Å². The van der Waals surface area contributed by atoms with Crippen LogP contribution < -0.4 is 5.32 Å². The SMILES string of the molecule is Cc1c(Cl)cccc1NC(=O)c1[nH]ncc1I. The molecule has 1 aromatic carbocycles. The summed E-state index contributed by atoms with van der Waals surface area (Å²) in [5.41, 5.74) is 2.00. The fourth-order valence-electron chi connectivity index (χ4n) is 1.36. The molecule has 88 valence electrons. The summed E-state index contributed by atoms with van der Waals surface area (Å²) in [7, 11) is 0. The van der Waals surface area contributed by atoms with Crippen molar-refractivity contribution in [3.8, 4) is 0 Å². The number of carbonyl (C=O) groups is 1. The molecule has 1 heterocycles. The molecule has 0 unspecified atom stereocenters. The van der Waals surface area contributed by atoms with Crippen LogP contribution in [0.2, 0.25) is 5.02 Å². The van der Waals surface area contributed by atoms with E-state index in [1.54, 1.807) is 18.3 Å². The molecule has 0 fully saturated rings. The maximum absolute atomic E-state index is 11.9. The molecule has 0 spiro atoms. The first-order valence-corrected chi connectivity index (χ1v) is 6.30. The molecule has 2 aromatic rings. The van der Waals surface area contributed by atoms with Crippen molar-refractivity contribution >= 4 is 45.8 Å². The summed E-state index contributed by atoms with van der Waals surface area (Å²) in [6.07, 6.45) is 1.60. The molecule has 0 aliphatic rings. The van der Waals surface area contributed by atoms with Gasteiger partial charge in [-0.05, 0) is 47.2 Å². The van der Waals surface area contributed by atoms with E-state index in [9.17, 15) is 4.79 Å². The van der Waals surface area contributed by atoms with Crippen molar-refractivity contribution in [1.82, 2.24) is 10.2 Å². The number of hydrogen-bond acceptors (Lipinski definition) is 2. The Kier molecular flexibility index (Phi) is 3.68. The van der Waals surface area contributed by atoms with Crippen molar-refractivity contribution in [2.75, 3.05) is 5.32 Å². The van der Waals surface area contributed by atoms with Gasteiger partial charge in [-0.15, -0.1) is 0 Å². The van der Waals surface area contributed by atoms with Gasteiger partial charge in [-0.3, -0.25) is 9.89 Å². The molecular formula is C11H9ClIN3O. The van der Waals surface area contributed by atoms with E-state index in [1.165, 1.54) is 0 Å². The topological polar surface area (TPSA) is 57.8 Å². The van der Waals surface area contributed by atoms with Crippen LogP contribution in [0.5, 0.6) is 0 Å². The third-order valence-electron chi connectivity index (χ3n) is 2.34. The van der Waals surface area contributed by atoms with Gasteiger partial charge in [0.2, 0.25) is 0 Å². The summed E-state index contributed by atoms with van der Waals surface area (Å²) in [5.74, 6) is -0.225. The molecule has 2 N–H and O–H groups in total. The van der Waals surface area contributed by atoms with Gasteiger partial charge in [0, 0.05) is 10.7 Å². The summed E-state index contributed by atoms with van der Waals surface area (Å²) < 4.78 is 0.778. The quantitative estimate of drug-likeness (QED) is 0.807. The largest absolute Gasteiger partial charge is 0.320 e. The van der Waals surface area contributed by atoms with Crippen LogP contribution in [0.25, 0.3) is 0 Å². The molecule has 0 aliphatic carbocycles. The smallest absolute Gasteiger partial charge is 0.274 e. The minimum Gasteiger partial charge on any atom is -0.320 e. The summed E-state index contributed by atoms with van der Waals surface area (Å²) in [5, 5.41) is 9.88. The lowest BCUT2D eigenvalue weighted by atomic mass is 10.2. The maximum Gasteiger partial charge on any atom is 0.274 e. The van der Waals surface area contributed by atoms with E-state index >= 15 is 0 Å². The van der Waals surface area contributed by atoms with Gasteiger partial charge in [0.05, 0.1) is 9.77 Å². The molecule has 0 radical (unpaired) electrons. The first-order chi connectivity index (χ1) is 8.09. The van der Waals surface area contributed by atoms with E-state index in [1.807, 2.05) is 35.6 Å². The fraction of sp³-hybridized carbons (Fsp3) is 0.0909. The van der Waals surface area contributed by atoms with Crippen LogP contribution in [0.4, 0.5) is 5.69 Å². The second kappa shape index (κ2) is 5.05. The minimum absolute atomic E-state index is 0.225. The molecule has 1 aromatic heterocycles. The Labute approximate surface area is 117 Å². The average molecular weight is 362 g/mol. The van der Waals surface area contributed by atoms with Crippen LogP contribution in [-0.4, -0.2) is 16.1 Å². The molecule has 6 heteroatoms. The zero-order chi connectivity index (χ0) is 12.4. The van der Waals surface area contributed by atoms with E-state index in [-0.39, 0.29) is 5.91 Å². The normalized spacial score (nSPS) is 10.3. The Morgan fingerprint density at radius 1 is 1.53 bits per heavy atom. The highest BCUT2D eigenvalue weighted by atomic mass is 127. The fourth-order valence-corrected chi connectivity index (χ4v) is 2.04. The third-order valence-corrected chi connectivity index (χ3v) is 3.56. The number of amides is 1. The van der Waals surface area contributed by atoms with Gasteiger partial charge in [-0.25, -0.2) is 0 Å². The zero-order valence-electron chi connectivity index (χ0n) is 8.92. The van der Waals surface area contributed by atoms with Crippen LogP contribution in [0.15, 0.2) is 24.4 Å². The number of anilines is 1. The molecule has 0 saturated heterocycles. The van der Waals surface area contributed by atoms with E-state index in [4.69, 9.17) is 11.6 Å². The second-order valence-electron chi connectivity index (χ2n) is 3.46. The number of hydrogen-bond donors (Lipinski definition) is 2. The number of aromatic nitrogens is 2. The number of nitrogens with one attached hydrogen (secondary N) is 2. The molecule has 4 nitrogen and oxygen atoms in total. The van der Waals surface area contributed by atoms with Crippen molar-refractivity contribution in [3.63, 3.8) is 0 Å². The van der Waals surface area contributed by atoms with Gasteiger partial charge in [-0.2, -0.15) is 5.10 Å². The van der Waals surface area contributed by atoms with Gasteiger partial charge < -0.3 is 5.32 Å². The third kappa shape index (κ3) is 2.61. The summed E-state index contributed by atoms with van der Waals surface area (Å²) in [6, 6.07) is 5.39. The van der Waals surface area contributed by atoms with Crippen LogP contribution in [0, 0.1) is 10.5 Å². The number of nitrogens with zero attached hydrogens (tertiary/aromatic N) is 1. The Bertz CT molecular complexity index is 568. The zero-order valence-corrected chi connectivity index (χ0v) is 11.8. The number of benzene rings is 1. The number of carbonyl (C=O) groups excluding carboxylic acids is 1. The predicted molar refractivity (Wildman–Crippen MR) is 75.4 cm³/mol. The van der Waals surface area contributed by atoms with E-state index in [0.717, 1.165) is 9.13 Å². The number of halogens is 2. The maximum atomic E-state index is 11.9. The molecular weight excluding hydrogens is 352 g/mol. The van der Waals surface area contributed by atoms with Gasteiger partial charge >= 0.3 is 0 Å². The van der Waals surface area contributed by atoms with Crippen molar-refractivity contribution in [3.05, 3.63) is 44.2 Å². The Hall–Kier alpha value is -1.08. The molecule has 0 bridgehead atoms. The Morgan fingerprint density at radius 3 is 2.94 bits per heavy atom. The number of rotatable bonds is 2. The summed E-state index contributed by atoms with van der Waals surface area (Å²) in [4.78, 5) is 11.9. The van der Waals surface area contributed by atoms with Crippen LogP contribution >= 0.6 is 34.2 Å². The van der Waals surface area contributed by atoms with Crippen molar-refractivity contribution < 1.29 is 4.79 Å². The number of aromatic amines is 1.